The normalized spacial score (nSPS) is 13.8. The smallest absolute Gasteiger partial charge is 0.173 e. The van der Waals surface area contributed by atoms with Gasteiger partial charge in [-0.3, -0.25) is 0 Å². The lowest BCUT2D eigenvalue weighted by atomic mass is 10.1. The van der Waals surface area contributed by atoms with Crippen LogP contribution >= 0.6 is 0 Å². The molecule has 106 valence electrons. The lowest BCUT2D eigenvalue weighted by molar-refractivity contribution is 0.318. The van der Waals surface area contributed by atoms with Gasteiger partial charge < -0.3 is 21.2 Å². The molecule has 1 rings (SSSR count). The van der Waals surface area contributed by atoms with Crippen LogP contribution in [0.1, 0.15) is 18.1 Å². The minimum atomic E-state index is -0.456. The van der Waals surface area contributed by atoms with Crippen molar-refractivity contribution in [3.63, 3.8) is 0 Å². The zero-order valence-electron chi connectivity index (χ0n) is 11.5. The lowest BCUT2D eigenvalue weighted by Crippen LogP contribution is -2.35. The van der Waals surface area contributed by atoms with Crippen molar-refractivity contribution in [1.29, 1.82) is 0 Å². The first-order valence-corrected chi connectivity index (χ1v) is 6.09. The predicted octanol–water partition coefficient (Wildman–Crippen LogP) is 0.960. The lowest BCUT2D eigenvalue weighted by Gasteiger charge is -2.18. The molecule has 0 amide bonds. The minimum absolute atomic E-state index is 0.113. The van der Waals surface area contributed by atoms with E-state index >= 15 is 0 Å². The van der Waals surface area contributed by atoms with Crippen molar-refractivity contribution in [2.24, 2.45) is 10.9 Å². The molecule has 0 bridgehead atoms. The predicted molar refractivity (Wildman–Crippen MR) is 73.8 cm³/mol. The van der Waals surface area contributed by atoms with Gasteiger partial charge in [0.15, 0.2) is 5.84 Å². The SMILES string of the molecule is CC(CN(C)C)NCc1cccc(/C(N)=N/O)c1F. The average molecular weight is 268 g/mol. The number of rotatable bonds is 6. The summed E-state index contributed by atoms with van der Waals surface area (Å²) in [4.78, 5) is 2.06. The summed E-state index contributed by atoms with van der Waals surface area (Å²) in [5.41, 5.74) is 6.03. The van der Waals surface area contributed by atoms with Crippen LogP contribution in [0.4, 0.5) is 4.39 Å². The van der Waals surface area contributed by atoms with E-state index in [9.17, 15) is 4.39 Å². The van der Waals surface area contributed by atoms with Gasteiger partial charge in [-0.1, -0.05) is 17.3 Å². The van der Waals surface area contributed by atoms with Crippen LogP contribution in [0, 0.1) is 5.82 Å². The van der Waals surface area contributed by atoms with Crippen molar-refractivity contribution in [1.82, 2.24) is 10.2 Å². The second-order valence-corrected chi connectivity index (χ2v) is 4.81. The van der Waals surface area contributed by atoms with Crippen LogP contribution in [0.25, 0.3) is 0 Å². The first-order chi connectivity index (χ1) is 8.95. The summed E-state index contributed by atoms with van der Waals surface area (Å²) in [6.07, 6.45) is 0. The number of oxime groups is 1. The van der Waals surface area contributed by atoms with Gasteiger partial charge in [0.2, 0.25) is 0 Å². The third-order valence-electron chi connectivity index (χ3n) is 2.74. The summed E-state index contributed by atoms with van der Waals surface area (Å²) < 4.78 is 14.1. The molecule has 1 aromatic carbocycles. The fourth-order valence-corrected chi connectivity index (χ4v) is 1.86. The van der Waals surface area contributed by atoms with Crippen molar-refractivity contribution < 1.29 is 9.60 Å². The standard InChI is InChI=1S/C13H21FN4O/c1-9(8-18(2)3)16-7-10-5-4-6-11(12(10)14)13(15)17-19/h4-6,9,16,19H,7-8H2,1-3H3,(H2,15,17). The largest absolute Gasteiger partial charge is 0.409 e. The van der Waals surface area contributed by atoms with E-state index in [2.05, 4.69) is 15.4 Å². The van der Waals surface area contributed by atoms with Gasteiger partial charge in [0.05, 0.1) is 5.56 Å². The van der Waals surface area contributed by atoms with Crippen molar-refractivity contribution in [3.8, 4) is 0 Å². The van der Waals surface area contributed by atoms with Gasteiger partial charge in [0, 0.05) is 24.7 Å². The molecule has 4 N–H and O–H groups in total. The monoisotopic (exact) mass is 268 g/mol. The number of halogens is 1. The summed E-state index contributed by atoms with van der Waals surface area (Å²) in [6.45, 7) is 3.29. The number of hydrogen-bond donors (Lipinski definition) is 3. The summed E-state index contributed by atoms with van der Waals surface area (Å²) in [5.74, 6) is -0.678. The van der Waals surface area contributed by atoms with Gasteiger partial charge in [-0.05, 0) is 27.1 Å². The third kappa shape index (κ3) is 4.50. The second-order valence-electron chi connectivity index (χ2n) is 4.81. The molecule has 0 saturated heterocycles. The minimum Gasteiger partial charge on any atom is -0.409 e. The van der Waals surface area contributed by atoms with Crippen LogP contribution in [0.15, 0.2) is 23.4 Å². The van der Waals surface area contributed by atoms with Gasteiger partial charge in [-0.15, -0.1) is 0 Å². The molecule has 1 aromatic rings. The zero-order chi connectivity index (χ0) is 14.4. The molecule has 5 nitrogen and oxygen atoms in total. The Morgan fingerprint density at radius 3 is 2.79 bits per heavy atom. The third-order valence-corrected chi connectivity index (χ3v) is 2.74. The molecule has 0 saturated carbocycles. The molecule has 0 spiro atoms. The molecular formula is C13H21FN4O. The second kappa shape index (κ2) is 7.06. The van der Waals surface area contributed by atoms with Gasteiger partial charge in [0.1, 0.15) is 5.82 Å². The van der Waals surface area contributed by atoms with Crippen LogP contribution in [-0.2, 0) is 6.54 Å². The molecule has 0 aromatic heterocycles. The molecule has 0 aliphatic rings. The maximum absolute atomic E-state index is 14.1. The first-order valence-electron chi connectivity index (χ1n) is 6.09. The zero-order valence-corrected chi connectivity index (χ0v) is 11.5. The first kappa shape index (κ1) is 15.4. The number of hydrogen-bond acceptors (Lipinski definition) is 4. The molecule has 19 heavy (non-hydrogen) atoms. The Kier molecular flexibility index (Phi) is 5.72. The Morgan fingerprint density at radius 1 is 1.53 bits per heavy atom. The molecule has 6 heteroatoms. The quantitative estimate of drug-likeness (QED) is 0.311. The van der Waals surface area contributed by atoms with Gasteiger partial charge in [-0.2, -0.15) is 0 Å². The van der Waals surface area contributed by atoms with Crippen molar-refractivity contribution >= 4 is 5.84 Å². The highest BCUT2D eigenvalue weighted by Crippen LogP contribution is 2.13. The van der Waals surface area contributed by atoms with E-state index in [1.54, 1.807) is 12.1 Å². The van der Waals surface area contributed by atoms with E-state index in [0.717, 1.165) is 6.54 Å². The maximum Gasteiger partial charge on any atom is 0.173 e. The number of nitrogens with two attached hydrogens (primary N) is 1. The Bertz CT molecular complexity index is 448. The highest BCUT2D eigenvalue weighted by Gasteiger charge is 2.12. The Labute approximate surface area is 112 Å². The fourth-order valence-electron chi connectivity index (χ4n) is 1.86. The van der Waals surface area contributed by atoms with E-state index in [-0.39, 0.29) is 17.4 Å². The molecule has 1 unspecified atom stereocenters. The summed E-state index contributed by atoms with van der Waals surface area (Å²) in [6, 6.07) is 5.09. The number of nitrogens with one attached hydrogen (secondary N) is 1. The van der Waals surface area contributed by atoms with Crippen molar-refractivity contribution in [2.75, 3.05) is 20.6 Å². The molecule has 0 fully saturated rings. The van der Waals surface area contributed by atoms with Crippen LogP contribution in [0.5, 0.6) is 0 Å². The molecular weight excluding hydrogens is 247 g/mol. The molecule has 0 aliphatic carbocycles. The Morgan fingerprint density at radius 2 is 2.21 bits per heavy atom. The average Bonchev–Trinajstić information content (AvgIpc) is 2.36. The molecule has 0 radical (unpaired) electrons. The van der Waals surface area contributed by atoms with Crippen LogP contribution in [0.2, 0.25) is 0 Å². The van der Waals surface area contributed by atoms with Gasteiger partial charge in [-0.25, -0.2) is 4.39 Å². The van der Waals surface area contributed by atoms with Crippen LogP contribution < -0.4 is 11.1 Å². The summed E-state index contributed by atoms with van der Waals surface area (Å²) >= 11 is 0. The van der Waals surface area contributed by atoms with Gasteiger partial charge >= 0.3 is 0 Å². The Hall–Kier alpha value is -1.66. The van der Waals surface area contributed by atoms with Crippen molar-refractivity contribution in [2.45, 2.75) is 19.5 Å². The summed E-state index contributed by atoms with van der Waals surface area (Å²) in [7, 11) is 3.97. The molecule has 1 atom stereocenters. The fraction of sp³-hybridized carbons (Fsp3) is 0.462. The Balaban J connectivity index is 2.74. The number of amidine groups is 1. The van der Waals surface area contributed by atoms with Crippen LogP contribution in [0.3, 0.4) is 0 Å². The van der Waals surface area contributed by atoms with E-state index in [1.807, 2.05) is 21.0 Å². The number of nitrogens with zero attached hydrogens (tertiary/aromatic N) is 2. The number of benzene rings is 1. The topological polar surface area (TPSA) is 73.9 Å². The van der Waals surface area contributed by atoms with E-state index in [0.29, 0.717) is 12.1 Å². The van der Waals surface area contributed by atoms with E-state index in [1.165, 1.54) is 6.07 Å². The molecule has 0 aliphatic heterocycles. The maximum atomic E-state index is 14.1. The van der Waals surface area contributed by atoms with E-state index < -0.39 is 5.82 Å². The van der Waals surface area contributed by atoms with Crippen molar-refractivity contribution in [3.05, 3.63) is 35.1 Å². The van der Waals surface area contributed by atoms with Gasteiger partial charge in [0.25, 0.3) is 0 Å². The highest BCUT2D eigenvalue weighted by molar-refractivity contribution is 5.97. The van der Waals surface area contributed by atoms with E-state index in [4.69, 9.17) is 10.9 Å². The molecule has 0 heterocycles. The van der Waals surface area contributed by atoms with Crippen LogP contribution in [-0.4, -0.2) is 42.6 Å². The summed E-state index contributed by atoms with van der Waals surface area (Å²) in [5, 5.41) is 14.6. The highest BCUT2D eigenvalue weighted by atomic mass is 19.1. The number of likely N-dealkylation sites (N-methyl/N-ethyl adjacent to an activating group) is 1.